The fourth-order valence-electron chi connectivity index (χ4n) is 1.83. The van der Waals surface area contributed by atoms with Crippen LogP contribution < -0.4 is 14.9 Å². The first-order valence-corrected chi connectivity index (χ1v) is 7.84. The molecule has 1 aromatic carbocycles. The van der Waals surface area contributed by atoms with E-state index >= 15 is 0 Å². The van der Waals surface area contributed by atoms with Crippen molar-refractivity contribution in [1.82, 2.24) is 4.84 Å². The van der Waals surface area contributed by atoms with Crippen LogP contribution in [-0.4, -0.2) is 24.0 Å². The summed E-state index contributed by atoms with van der Waals surface area (Å²) in [5.74, 6) is 0.0277. The number of nitrogens with zero attached hydrogens (tertiary/aromatic N) is 1. The van der Waals surface area contributed by atoms with Gasteiger partial charge >= 0.3 is 5.00 Å². The van der Waals surface area contributed by atoms with E-state index in [4.69, 9.17) is 16.5 Å². The van der Waals surface area contributed by atoms with Crippen molar-refractivity contribution < 1.29 is 14.5 Å². The topological polar surface area (TPSA) is 93.5 Å². The lowest BCUT2D eigenvalue weighted by molar-refractivity contribution is -0.380. The van der Waals surface area contributed by atoms with Crippen LogP contribution in [0.4, 0.5) is 10.0 Å². The predicted octanol–water partition coefficient (Wildman–Crippen LogP) is 3.34. The second-order valence-corrected chi connectivity index (χ2v) is 5.83. The Hall–Kier alpha value is -2.16. The van der Waals surface area contributed by atoms with Gasteiger partial charge in [0.05, 0.1) is 10.5 Å². The largest absolute Gasteiger partial charge is 0.491 e. The number of nitrogens with one attached hydrogen (secondary N) is 2. The first-order valence-electron chi connectivity index (χ1n) is 6.64. The van der Waals surface area contributed by atoms with Crippen LogP contribution in [0, 0.1) is 17.0 Å². The van der Waals surface area contributed by atoms with Gasteiger partial charge in [-0.25, -0.2) is 4.84 Å². The summed E-state index contributed by atoms with van der Waals surface area (Å²) in [6.45, 7) is 2.43. The zero-order chi connectivity index (χ0) is 16.8. The molecule has 2 aromatic rings. The Morgan fingerprint density at radius 2 is 2.17 bits per heavy atom. The second kappa shape index (κ2) is 7.91. The third-order valence-corrected chi connectivity index (χ3v) is 4.19. The van der Waals surface area contributed by atoms with E-state index in [9.17, 15) is 14.9 Å². The van der Waals surface area contributed by atoms with E-state index in [1.54, 1.807) is 31.2 Å². The Morgan fingerprint density at radius 3 is 2.83 bits per heavy atom. The maximum Gasteiger partial charge on any atom is 0.326 e. The molecule has 23 heavy (non-hydrogen) atoms. The number of benzene rings is 1. The van der Waals surface area contributed by atoms with Crippen molar-refractivity contribution in [1.29, 1.82) is 0 Å². The van der Waals surface area contributed by atoms with Gasteiger partial charge < -0.3 is 10.1 Å². The van der Waals surface area contributed by atoms with Crippen molar-refractivity contribution in [2.24, 2.45) is 0 Å². The molecular weight excluding hydrogens is 342 g/mol. The lowest BCUT2D eigenvalue weighted by atomic mass is 10.2. The Balaban J connectivity index is 2.16. The van der Waals surface area contributed by atoms with Gasteiger partial charge in [-0.15, -0.1) is 0 Å². The minimum absolute atomic E-state index is 0.0180. The van der Waals surface area contributed by atoms with E-state index in [1.165, 1.54) is 6.07 Å². The van der Waals surface area contributed by atoms with E-state index in [-0.39, 0.29) is 10.9 Å². The number of carbonyl (C=O) groups excluding carboxylic acids is 1. The molecule has 0 saturated carbocycles. The second-order valence-electron chi connectivity index (χ2n) is 4.54. The lowest BCUT2D eigenvalue weighted by Crippen LogP contribution is -2.16. The Morgan fingerprint density at radius 1 is 1.43 bits per heavy atom. The predicted molar refractivity (Wildman–Crippen MR) is 89.5 cm³/mol. The first kappa shape index (κ1) is 17.2. The summed E-state index contributed by atoms with van der Waals surface area (Å²) in [6, 6.07) is 8.19. The molecule has 0 aliphatic carbocycles. The van der Waals surface area contributed by atoms with E-state index in [0.717, 1.165) is 11.3 Å². The van der Waals surface area contributed by atoms with Crippen molar-refractivity contribution in [2.45, 2.75) is 6.92 Å². The number of carbonyl (C=O) groups is 1. The molecule has 0 fully saturated rings. The number of nitro groups is 1. The fraction of sp³-hybridized carbons (Fsp3) is 0.214. The van der Waals surface area contributed by atoms with E-state index in [2.05, 4.69) is 10.2 Å². The summed E-state index contributed by atoms with van der Waals surface area (Å²) >= 11 is 6.28. The quantitative estimate of drug-likeness (QED) is 0.344. The van der Waals surface area contributed by atoms with Gasteiger partial charge in [0.1, 0.15) is 17.4 Å². The highest BCUT2D eigenvalue weighted by molar-refractivity contribution is 7.19. The van der Waals surface area contributed by atoms with Gasteiger partial charge in [-0.3, -0.25) is 14.9 Å². The highest BCUT2D eigenvalue weighted by atomic mass is 35.5. The van der Waals surface area contributed by atoms with Gasteiger partial charge in [0.15, 0.2) is 0 Å². The van der Waals surface area contributed by atoms with Crippen molar-refractivity contribution >= 4 is 39.0 Å². The summed E-state index contributed by atoms with van der Waals surface area (Å²) in [5, 5.41) is 13.9. The van der Waals surface area contributed by atoms with Crippen LogP contribution in [0.3, 0.4) is 0 Å². The maximum absolute atomic E-state index is 12.4. The SMILES string of the molecule is Cc1cc([N+](=O)[O-])sc1NC(=O)c1ccccc1OCCNCl. The highest BCUT2D eigenvalue weighted by Gasteiger charge is 2.18. The van der Waals surface area contributed by atoms with Crippen molar-refractivity contribution in [2.75, 3.05) is 18.5 Å². The number of hydrogen-bond donors (Lipinski definition) is 2. The molecule has 0 aliphatic heterocycles. The summed E-state index contributed by atoms with van der Waals surface area (Å²) < 4.78 is 5.50. The molecule has 2 N–H and O–H groups in total. The van der Waals surface area contributed by atoms with Crippen LogP contribution in [0.5, 0.6) is 5.75 Å². The van der Waals surface area contributed by atoms with Gasteiger partial charge in [0, 0.05) is 12.6 Å². The third kappa shape index (κ3) is 4.41. The standard InChI is InChI=1S/C14H14ClN3O4S/c1-9-8-12(18(20)21)23-14(9)17-13(19)10-4-2-3-5-11(10)22-7-6-16-15/h2-5,8,16H,6-7H2,1H3,(H,17,19). The van der Waals surface area contributed by atoms with Crippen LogP contribution in [0.25, 0.3) is 0 Å². The van der Waals surface area contributed by atoms with E-state index in [0.29, 0.717) is 35.0 Å². The zero-order valence-electron chi connectivity index (χ0n) is 12.2. The minimum atomic E-state index is -0.483. The number of hydrogen-bond acceptors (Lipinski definition) is 6. The van der Waals surface area contributed by atoms with E-state index < -0.39 is 4.92 Å². The molecule has 1 amide bonds. The first-order chi connectivity index (χ1) is 11.0. The van der Waals surface area contributed by atoms with Gasteiger partial charge in [0.25, 0.3) is 5.91 Å². The molecular formula is C14H14ClN3O4S. The Bertz CT molecular complexity index is 720. The minimum Gasteiger partial charge on any atom is -0.491 e. The van der Waals surface area contributed by atoms with Crippen LogP contribution in [0.2, 0.25) is 0 Å². The number of amides is 1. The molecule has 0 atom stereocenters. The molecule has 0 radical (unpaired) electrons. The van der Waals surface area contributed by atoms with Crippen LogP contribution in [-0.2, 0) is 0 Å². The third-order valence-electron chi connectivity index (χ3n) is 2.90. The number of ether oxygens (including phenoxy) is 1. The maximum atomic E-state index is 12.4. The molecule has 0 spiro atoms. The number of anilines is 1. The Kier molecular flexibility index (Phi) is 5.91. The van der Waals surface area contributed by atoms with Crippen molar-refractivity contribution in [3.8, 4) is 5.75 Å². The smallest absolute Gasteiger partial charge is 0.326 e. The number of thiophene rings is 1. The zero-order valence-corrected chi connectivity index (χ0v) is 13.7. The fourth-order valence-corrected chi connectivity index (χ4v) is 2.79. The molecule has 0 saturated heterocycles. The van der Waals surface area contributed by atoms with E-state index in [1.807, 2.05) is 0 Å². The van der Waals surface area contributed by atoms with Crippen LogP contribution in [0.15, 0.2) is 30.3 Å². The monoisotopic (exact) mass is 355 g/mol. The van der Waals surface area contributed by atoms with Gasteiger partial charge in [-0.1, -0.05) is 12.1 Å². The van der Waals surface area contributed by atoms with Gasteiger partial charge in [0.2, 0.25) is 0 Å². The normalized spacial score (nSPS) is 10.3. The Labute approximate surface area is 141 Å². The summed E-state index contributed by atoms with van der Waals surface area (Å²) in [4.78, 5) is 25.1. The molecule has 9 heteroatoms. The summed E-state index contributed by atoms with van der Waals surface area (Å²) in [7, 11) is 0. The summed E-state index contributed by atoms with van der Waals surface area (Å²) in [5.41, 5.74) is 0.984. The molecule has 2 rings (SSSR count). The number of rotatable bonds is 7. The molecule has 122 valence electrons. The highest BCUT2D eigenvalue weighted by Crippen LogP contribution is 2.33. The number of aryl methyl sites for hydroxylation is 1. The number of para-hydroxylation sites is 1. The number of halogens is 1. The van der Waals surface area contributed by atoms with Crippen molar-refractivity contribution in [3.05, 3.63) is 51.6 Å². The molecule has 0 aliphatic rings. The molecule has 0 bridgehead atoms. The van der Waals surface area contributed by atoms with Gasteiger partial charge in [-0.2, -0.15) is 0 Å². The molecule has 0 unspecified atom stereocenters. The van der Waals surface area contributed by atoms with Crippen LogP contribution in [0.1, 0.15) is 15.9 Å². The lowest BCUT2D eigenvalue weighted by Gasteiger charge is -2.11. The van der Waals surface area contributed by atoms with Crippen molar-refractivity contribution in [3.63, 3.8) is 0 Å². The molecule has 1 heterocycles. The molecule has 7 nitrogen and oxygen atoms in total. The van der Waals surface area contributed by atoms with Gasteiger partial charge in [-0.05, 0) is 47.7 Å². The average molecular weight is 356 g/mol. The average Bonchev–Trinajstić information content (AvgIpc) is 2.89. The summed E-state index contributed by atoms with van der Waals surface area (Å²) in [6.07, 6.45) is 0. The molecule has 1 aromatic heterocycles. The van der Waals surface area contributed by atoms with Crippen LogP contribution >= 0.6 is 23.1 Å².